The lowest BCUT2D eigenvalue weighted by atomic mass is 9.97. The number of aryl methyl sites for hydroxylation is 2. The van der Waals surface area contributed by atoms with Crippen molar-refractivity contribution < 1.29 is 13.9 Å². The Hall–Kier alpha value is -2.08. The molecule has 1 fully saturated rings. The first kappa shape index (κ1) is 15.8. The van der Waals surface area contributed by atoms with Crippen molar-refractivity contribution in [1.82, 2.24) is 10.2 Å². The maximum Gasteiger partial charge on any atom is 0.292 e. The summed E-state index contributed by atoms with van der Waals surface area (Å²) >= 11 is 0. The van der Waals surface area contributed by atoms with Gasteiger partial charge in [-0.15, -0.1) is 0 Å². The first-order valence-electron chi connectivity index (χ1n) is 8.27. The van der Waals surface area contributed by atoms with Gasteiger partial charge in [0.25, 0.3) is 5.91 Å². The van der Waals surface area contributed by atoms with Crippen LogP contribution in [0.1, 0.15) is 60.2 Å². The summed E-state index contributed by atoms with van der Waals surface area (Å²) in [5, 5.41) is 10.0. The lowest BCUT2D eigenvalue weighted by Crippen LogP contribution is -2.14. The predicted molar refractivity (Wildman–Crippen MR) is 86.8 cm³/mol. The van der Waals surface area contributed by atoms with Crippen LogP contribution >= 0.6 is 0 Å². The van der Waals surface area contributed by atoms with Gasteiger partial charge in [-0.2, -0.15) is 5.10 Å². The van der Waals surface area contributed by atoms with E-state index in [9.17, 15) is 4.79 Å². The van der Waals surface area contributed by atoms with Gasteiger partial charge in [-0.05, 0) is 30.9 Å². The van der Waals surface area contributed by atoms with Crippen molar-refractivity contribution in [2.24, 2.45) is 0 Å². The second kappa shape index (κ2) is 7.00. The zero-order chi connectivity index (χ0) is 16.2. The number of amides is 1. The molecular weight excluding hydrogens is 294 g/mol. The molecular formula is C17H23N3O3. The molecule has 1 saturated heterocycles. The fourth-order valence-electron chi connectivity index (χ4n) is 2.97. The molecule has 0 spiro atoms. The van der Waals surface area contributed by atoms with Crippen LogP contribution in [0.5, 0.6) is 0 Å². The van der Waals surface area contributed by atoms with Crippen molar-refractivity contribution in [2.75, 3.05) is 18.5 Å². The molecule has 124 valence electrons. The quantitative estimate of drug-likeness (QED) is 0.887. The van der Waals surface area contributed by atoms with Gasteiger partial charge in [-0.3, -0.25) is 9.89 Å². The van der Waals surface area contributed by atoms with Crippen molar-refractivity contribution in [3.63, 3.8) is 0 Å². The first-order valence-corrected chi connectivity index (χ1v) is 8.27. The third kappa shape index (κ3) is 3.47. The van der Waals surface area contributed by atoms with Crippen molar-refractivity contribution in [1.29, 1.82) is 0 Å². The highest BCUT2D eigenvalue weighted by Gasteiger charge is 2.20. The zero-order valence-corrected chi connectivity index (χ0v) is 13.6. The number of nitrogens with one attached hydrogen (secondary N) is 2. The van der Waals surface area contributed by atoms with Crippen LogP contribution in [-0.2, 0) is 17.6 Å². The third-order valence-electron chi connectivity index (χ3n) is 4.32. The van der Waals surface area contributed by atoms with E-state index in [2.05, 4.69) is 22.4 Å². The summed E-state index contributed by atoms with van der Waals surface area (Å²) in [4.78, 5) is 12.3. The average Bonchev–Trinajstić information content (AvgIpc) is 3.22. The number of hydrogen-bond donors (Lipinski definition) is 2. The Balaban J connectivity index is 1.68. The molecule has 2 aromatic heterocycles. The molecule has 1 aliphatic heterocycles. The van der Waals surface area contributed by atoms with Crippen LogP contribution < -0.4 is 5.32 Å². The summed E-state index contributed by atoms with van der Waals surface area (Å²) in [6.45, 7) is 5.63. The van der Waals surface area contributed by atoms with E-state index in [0.717, 1.165) is 55.9 Å². The van der Waals surface area contributed by atoms with Gasteiger partial charge in [0.15, 0.2) is 11.6 Å². The molecule has 6 nitrogen and oxygen atoms in total. The van der Waals surface area contributed by atoms with E-state index in [1.165, 1.54) is 0 Å². The standard InChI is InChI=1S/C17H23N3O3/c1-3-11-9-15(23-14(11)4-2)17(21)18-16-10-13(19-20-16)12-5-7-22-8-6-12/h9-10,12H,3-8H2,1-2H3,(H2,18,19,20,21). The second-order valence-electron chi connectivity index (χ2n) is 5.82. The molecule has 1 amide bonds. The summed E-state index contributed by atoms with van der Waals surface area (Å²) in [7, 11) is 0. The van der Waals surface area contributed by atoms with Crippen molar-refractivity contribution >= 4 is 11.7 Å². The monoisotopic (exact) mass is 317 g/mol. The molecule has 0 saturated carbocycles. The number of carbonyl (C=O) groups excluding carboxylic acids is 1. The summed E-state index contributed by atoms with van der Waals surface area (Å²) in [6, 6.07) is 3.72. The number of carbonyl (C=O) groups is 1. The molecule has 2 N–H and O–H groups in total. The van der Waals surface area contributed by atoms with Gasteiger partial charge in [0, 0.05) is 37.3 Å². The van der Waals surface area contributed by atoms with Crippen molar-refractivity contribution in [3.05, 3.63) is 34.9 Å². The molecule has 6 heteroatoms. The van der Waals surface area contributed by atoms with Gasteiger partial charge in [0.1, 0.15) is 5.76 Å². The predicted octanol–water partition coefficient (Wildman–Crippen LogP) is 3.27. The van der Waals surface area contributed by atoms with Crippen LogP contribution in [0.25, 0.3) is 0 Å². The molecule has 0 bridgehead atoms. The number of H-pyrrole nitrogens is 1. The molecule has 0 aromatic carbocycles. The summed E-state index contributed by atoms with van der Waals surface area (Å²) in [5.41, 5.74) is 2.13. The smallest absolute Gasteiger partial charge is 0.292 e. The van der Waals surface area contributed by atoms with Crippen LogP contribution in [0.2, 0.25) is 0 Å². The number of hydrogen-bond acceptors (Lipinski definition) is 4. The van der Waals surface area contributed by atoms with Crippen LogP contribution in [0.4, 0.5) is 5.82 Å². The van der Waals surface area contributed by atoms with Gasteiger partial charge < -0.3 is 14.5 Å². The lowest BCUT2D eigenvalue weighted by molar-refractivity contribution is 0.0845. The molecule has 0 atom stereocenters. The fourth-order valence-corrected chi connectivity index (χ4v) is 2.97. The summed E-state index contributed by atoms with van der Waals surface area (Å²) in [6.07, 6.45) is 3.60. The van der Waals surface area contributed by atoms with Crippen LogP contribution in [0.3, 0.4) is 0 Å². The highest BCUT2D eigenvalue weighted by Crippen LogP contribution is 2.27. The third-order valence-corrected chi connectivity index (χ3v) is 4.32. The minimum absolute atomic E-state index is 0.260. The number of nitrogens with zero attached hydrogens (tertiary/aromatic N) is 1. The number of aromatic nitrogens is 2. The number of anilines is 1. The molecule has 0 aliphatic carbocycles. The Bertz CT molecular complexity index is 647. The van der Waals surface area contributed by atoms with E-state index in [1.807, 2.05) is 19.1 Å². The largest absolute Gasteiger partial charge is 0.456 e. The molecule has 0 radical (unpaired) electrons. The lowest BCUT2D eigenvalue weighted by Gasteiger charge is -2.20. The highest BCUT2D eigenvalue weighted by molar-refractivity contribution is 6.01. The molecule has 3 heterocycles. The van der Waals surface area contributed by atoms with Gasteiger partial charge >= 0.3 is 0 Å². The minimum Gasteiger partial charge on any atom is -0.456 e. The van der Waals surface area contributed by atoms with Gasteiger partial charge in [0.05, 0.1) is 0 Å². The van der Waals surface area contributed by atoms with Crippen molar-refractivity contribution in [3.8, 4) is 0 Å². The van der Waals surface area contributed by atoms with E-state index in [0.29, 0.717) is 17.5 Å². The number of rotatable bonds is 5. The molecule has 0 unspecified atom stereocenters. The van der Waals surface area contributed by atoms with E-state index in [-0.39, 0.29) is 5.91 Å². The number of furan rings is 1. The Morgan fingerprint density at radius 2 is 2.09 bits per heavy atom. The average molecular weight is 317 g/mol. The van der Waals surface area contributed by atoms with Gasteiger partial charge in [-0.1, -0.05) is 13.8 Å². The van der Waals surface area contributed by atoms with Gasteiger partial charge in [0.2, 0.25) is 0 Å². The normalized spacial score (nSPS) is 15.7. The summed E-state index contributed by atoms with van der Waals surface area (Å²) in [5.74, 6) is 1.91. The highest BCUT2D eigenvalue weighted by atomic mass is 16.5. The van der Waals surface area contributed by atoms with Gasteiger partial charge in [-0.25, -0.2) is 0 Å². The van der Waals surface area contributed by atoms with Crippen LogP contribution in [-0.4, -0.2) is 29.3 Å². The van der Waals surface area contributed by atoms with Crippen LogP contribution in [0, 0.1) is 0 Å². The molecule has 3 rings (SSSR count). The fraction of sp³-hybridized carbons (Fsp3) is 0.529. The Morgan fingerprint density at radius 3 is 2.74 bits per heavy atom. The van der Waals surface area contributed by atoms with Crippen molar-refractivity contribution in [2.45, 2.75) is 45.4 Å². The second-order valence-corrected chi connectivity index (χ2v) is 5.82. The molecule has 2 aromatic rings. The topological polar surface area (TPSA) is 80.1 Å². The summed E-state index contributed by atoms with van der Waals surface area (Å²) < 4.78 is 11.0. The van der Waals surface area contributed by atoms with E-state index in [1.54, 1.807) is 0 Å². The SMILES string of the molecule is CCc1cc(C(=O)Nc2cc(C3CCOCC3)[nH]n2)oc1CC. The van der Waals surface area contributed by atoms with E-state index < -0.39 is 0 Å². The Morgan fingerprint density at radius 1 is 1.30 bits per heavy atom. The number of aromatic amines is 1. The number of ether oxygens (including phenoxy) is 1. The minimum atomic E-state index is -0.260. The maximum absolute atomic E-state index is 12.3. The van der Waals surface area contributed by atoms with Crippen LogP contribution in [0.15, 0.2) is 16.5 Å². The Labute approximate surface area is 135 Å². The first-order chi connectivity index (χ1) is 11.2. The zero-order valence-electron chi connectivity index (χ0n) is 13.6. The Kier molecular flexibility index (Phi) is 4.81. The van der Waals surface area contributed by atoms with E-state index in [4.69, 9.17) is 9.15 Å². The molecule has 23 heavy (non-hydrogen) atoms. The molecule has 1 aliphatic rings. The van der Waals surface area contributed by atoms with E-state index >= 15 is 0 Å². The maximum atomic E-state index is 12.3.